The van der Waals surface area contributed by atoms with E-state index in [-0.39, 0.29) is 23.7 Å². The van der Waals surface area contributed by atoms with E-state index >= 15 is 0 Å². The van der Waals surface area contributed by atoms with Crippen molar-refractivity contribution >= 4 is 11.7 Å². The van der Waals surface area contributed by atoms with E-state index in [2.05, 4.69) is 20.7 Å². The molecule has 2 N–H and O–H groups in total. The number of fused-ring (bicyclic) bond motifs is 1. The van der Waals surface area contributed by atoms with E-state index in [0.717, 1.165) is 0 Å². The second-order valence-corrected chi connectivity index (χ2v) is 2.19. The van der Waals surface area contributed by atoms with Gasteiger partial charge in [0.1, 0.15) is 0 Å². The lowest BCUT2D eigenvalue weighted by atomic mass is 10.3. The van der Waals surface area contributed by atoms with Gasteiger partial charge in [-0.25, -0.2) is 5.10 Å². The molecule has 0 atom stereocenters. The molecule has 0 bridgehead atoms. The Bertz CT molecular complexity index is 369. The summed E-state index contributed by atoms with van der Waals surface area (Å²) in [6, 6.07) is 0. The van der Waals surface area contributed by atoms with E-state index in [1.807, 2.05) is 0 Å². The summed E-state index contributed by atoms with van der Waals surface area (Å²) in [5.74, 6) is 0.0600. The number of aromatic nitrogens is 3. The number of amides is 1. The summed E-state index contributed by atoms with van der Waals surface area (Å²) in [6.07, 6.45) is 0.0974. The number of nitrogens with one attached hydrogen (secondary N) is 2. The highest BCUT2D eigenvalue weighted by Crippen LogP contribution is 2.12. The minimum atomic E-state index is -0.353. The third kappa shape index (κ3) is 0.794. The highest BCUT2D eigenvalue weighted by atomic mass is 16.2. The van der Waals surface area contributed by atoms with E-state index in [9.17, 15) is 9.59 Å². The van der Waals surface area contributed by atoms with Crippen LogP contribution in [0.2, 0.25) is 0 Å². The van der Waals surface area contributed by atoms with Crippen LogP contribution in [-0.2, 0) is 11.2 Å². The highest BCUT2D eigenvalue weighted by molar-refractivity contribution is 5.97. The van der Waals surface area contributed by atoms with Crippen LogP contribution in [0.25, 0.3) is 0 Å². The van der Waals surface area contributed by atoms with Crippen molar-refractivity contribution in [2.75, 3.05) is 5.32 Å². The van der Waals surface area contributed by atoms with Crippen molar-refractivity contribution in [1.82, 2.24) is 15.4 Å². The molecule has 1 aromatic heterocycles. The van der Waals surface area contributed by atoms with E-state index in [4.69, 9.17) is 0 Å². The van der Waals surface area contributed by atoms with Gasteiger partial charge in [0, 0.05) is 0 Å². The Morgan fingerprint density at radius 3 is 2.91 bits per heavy atom. The van der Waals surface area contributed by atoms with Gasteiger partial charge in [0.05, 0.1) is 12.0 Å². The predicted octanol–water partition coefficient (Wildman–Crippen LogP) is -1.34. The third-order valence-corrected chi connectivity index (χ3v) is 1.46. The fourth-order valence-electron chi connectivity index (χ4n) is 0.957. The quantitative estimate of drug-likeness (QED) is 0.481. The van der Waals surface area contributed by atoms with E-state index < -0.39 is 0 Å². The molecule has 0 saturated carbocycles. The number of carbonyl (C=O) groups is 1. The second kappa shape index (κ2) is 1.88. The van der Waals surface area contributed by atoms with Crippen molar-refractivity contribution in [3.63, 3.8) is 0 Å². The molecule has 0 aromatic carbocycles. The molecule has 11 heavy (non-hydrogen) atoms. The molecule has 0 unspecified atom stereocenters. The van der Waals surface area contributed by atoms with Crippen LogP contribution in [0.1, 0.15) is 5.56 Å². The minimum absolute atomic E-state index is 0.0974. The highest BCUT2D eigenvalue weighted by Gasteiger charge is 2.21. The van der Waals surface area contributed by atoms with Crippen LogP contribution in [0.4, 0.5) is 5.82 Å². The van der Waals surface area contributed by atoms with Crippen molar-refractivity contribution < 1.29 is 4.79 Å². The van der Waals surface area contributed by atoms with Gasteiger partial charge in [-0.2, -0.15) is 0 Å². The van der Waals surface area contributed by atoms with Gasteiger partial charge in [-0.05, 0) is 0 Å². The maximum atomic E-state index is 10.9. The normalized spacial score (nSPS) is 14.4. The van der Waals surface area contributed by atoms with Gasteiger partial charge in [0.2, 0.25) is 5.91 Å². The third-order valence-electron chi connectivity index (χ3n) is 1.46. The Hall–Kier alpha value is -1.72. The first-order valence-corrected chi connectivity index (χ1v) is 3.01. The summed E-state index contributed by atoms with van der Waals surface area (Å²) in [4.78, 5) is 21.6. The van der Waals surface area contributed by atoms with Crippen molar-refractivity contribution in [3.05, 3.63) is 15.9 Å². The molecule has 0 fully saturated rings. The Morgan fingerprint density at radius 1 is 1.36 bits per heavy atom. The average molecular weight is 152 g/mol. The summed E-state index contributed by atoms with van der Waals surface area (Å²) in [5, 5.41) is 11.4. The van der Waals surface area contributed by atoms with Crippen LogP contribution in [0.15, 0.2) is 4.79 Å². The van der Waals surface area contributed by atoms with Gasteiger partial charge in [-0.1, -0.05) is 5.21 Å². The molecular weight excluding hydrogens is 148 g/mol. The summed E-state index contributed by atoms with van der Waals surface area (Å²) in [7, 11) is 0. The van der Waals surface area contributed by atoms with E-state index in [1.165, 1.54) is 0 Å². The molecule has 1 aromatic rings. The van der Waals surface area contributed by atoms with E-state index in [1.54, 1.807) is 0 Å². The van der Waals surface area contributed by atoms with Crippen LogP contribution < -0.4 is 10.9 Å². The van der Waals surface area contributed by atoms with Crippen molar-refractivity contribution in [1.29, 1.82) is 0 Å². The zero-order chi connectivity index (χ0) is 7.84. The fourth-order valence-corrected chi connectivity index (χ4v) is 0.957. The topological polar surface area (TPSA) is 87.7 Å². The molecule has 0 saturated heterocycles. The average Bonchev–Trinajstić information content (AvgIpc) is 2.31. The summed E-state index contributed by atoms with van der Waals surface area (Å²) in [6.45, 7) is 0. The molecule has 6 nitrogen and oxygen atoms in total. The first-order valence-electron chi connectivity index (χ1n) is 3.01. The number of hydrogen-bond acceptors (Lipinski definition) is 4. The molecule has 1 aliphatic rings. The smallest absolute Gasteiger partial charge is 0.273 e. The molecular formula is C5H4N4O2. The molecule has 0 aliphatic carbocycles. The minimum Gasteiger partial charge on any atom is -0.308 e. The lowest BCUT2D eigenvalue weighted by molar-refractivity contribution is -0.115. The Kier molecular flexibility index (Phi) is 1.03. The number of H-pyrrole nitrogens is 1. The zero-order valence-corrected chi connectivity index (χ0v) is 5.42. The Labute approximate surface area is 60.6 Å². The molecule has 2 rings (SSSR count). The lowest BCUT2D eigenvalue weighted by Crippen LogP contribution is -2.13. The van der Waals surface area contributed by atoms with Crippen LogP contribution in [0.3, 0.4) is 0 Å². The number of anilines is 1. The molecule has 1 amide bonds. The van der Waals surface area contributed by atoms with Crippen molar-refractivity contribution in [3.8, 4) is 0 Å². The SMILES string of the molecule is O=C1Cc2c(nn[nH]c2=O)N1. The molecule has 1 aliphatic heterocycles. The van der Waals surface area contributed by atoms with Gasteiger partial charge >= 0.3 is 0 Å². The van der Waals surface area contributed by atoms with Crippen molar-refractivity contribution in [2.45, 2.75) is 6.42 Å². The number of hydrogen-bond donors (Lipinski definition) is 2. The fraction of sp³-hybridized carbons (Fsp3) is 0.200. The van der Waals surface area contributed by atoms with Crippen molar-refractivity contribution in [2.24, 2.45) is 0 Å². The summed E-state index contributed by atoms with van der Waals surface area (Å²) < 4.78 is 0. The standard InChI is InChI=1S/C5H4N4O2/c10-3-1-2-4(6-3)7-9-8-5(2)11/h1H2,(H2,6,7,8,10,11). The maximum absolute atomic E-state index is 10.9. The van der Waals surface area contributed by atoms with Gasteiger partial charge < -0.3 is 5.32 Å². The monoisotopic (exact) mass is 152 g/mol. The van der Waals surface area contributed by atoms with Gasteiger partial charge in [-0.15, -0.1) is 5.10 Å². The summed E-state index contributed by atoms with van der Waals surface area (Å²) in [5.41, 5.74) is 0.0124. The first-order chi connectivity index (χ1) is 5.27. The molecule has 0 spiro atoms. The van der Waals surface area contributed by atoms with E-state index in [0.29, 0.717) is 5.56 Å². The molecule has 2 heterocycles. The van der Waals surface area contributed by atoms with Gasteiger partial charge in [0.25, 0.3) is 5.56 Å². The lowest BCUT2D eigenvalue weighted by Gasteiger charge is -1.90. The largest absolute Gasteiger partial charge is 0.308 e. The molecule has 6 heteroatoms. The van der Waals surface area contributed by atoms with Crippen LogP contribution >= 0.6 is 0 Å². The number of nitrogens with zero attached hydrogens (tertiary/aromatic N) is 2. The van der Waals surface area contributed by atoms with Crippen LogP contribution in [0, 0.1) is 0 Å². The molecule has 0 radical (unpaired) electrons. The van der Waals surface area contributed by atoms with Crippen LogP contribution in [-0.4, -0.2) is 21.3 Å². The first kappa shape index (κ1) is 6.02. The van der Waals surface area contributed by atoms with Gasteiger partial charge in [0.15, 0.2) is 5.82 Å². The maximum Gasteiger partial charge on any atom is 0.273 e. The Balaban J connectivity index is 2.66. The Morgan fingerprint density at radius 2 is 2.18 bits per heavy atom. The second-order valence-electron chi connectivity index (χ2n) is 2.19. The zero-order valence-electron chi connectivity index (χ0n) is 5.42. The van der Waals surface area contributed by atoms with Crippen LogP contribution in [0.5, 0.6) is 0 Å². The number of rotatable bonds is 0. The molecule has 56 valence electrons. The summed E-state index contributed by atoms with van der Waals surface area (Å²) >= 11 is 0. The number of aromatic amines is 1. The predicted molar refractivity (Wildman–Crippen MR) is 35.0 cm³/mol. The van der Waals surface area contributed by atoms with Gasteiger partial charge in [-0.3, -0.25) is 9.59 Å². The number of carbonyl (C=O) groups excluding carboxylic acids is 1.